The summed E-state index contributed by atoms with van der Waals surface area (Å²) in [6.45, 7) is 2.05. The minimum Gasteiger partial charge on any atom is -0.481 e. The Labute approximate surface area is 229 Å². The van der Waals surface area contributed by atoms with Gasteiger partial charge in [-0.05, 0) is 43.4 Å². The molecule has 3 aromatic heterocycles. The Morgan fingerprint density at radius 2 is 2.08 bits per heavy atom. The summed E-state index contributed by atoms with van der Waals surface area (Å²) in [5, 5.41) is 10.4. The molecule has 0 aromatic carbocycles. The average Bonchev–Trinajstić information content (AvgIpc) is 3.48. The molecule has 0 bridgehead atoms. The van der Waals surface area contributed by atoms with Crippen molar-refractivity contribution in [2.45, 2.75) is 43.7 Å². The van der Waals surface area contributed by atoms with Crippen LogP contribution >= 0.6 is 11.6 Å². The molecule has 0 radical (unpaired) electrons. The maximum Gasteiger partial charge on any atom is 0.272 e. The highest BCUT2D eigenvalue weighted by atomic mass is 35.5. The van der Waals surface area contributed by atoms with Crippen molar-refractivity contribution in [3.8, 4) is 17.1 Å². The average molecular weight is 555 g/mol. The van der Waals surface area contributed by atoms with Gasteiger partial charge in [0.15, 0.2) is 5.82 Å². The highest BCUT2D eigenvalue weighted by molar-refractivity contribution is 6.31. The van der Waals surface area contributed by atoms with Crippen LogP contribution in [0.3, 0.4) is 0 Å². The van der Waals surface area contributed by atoms with E-state index in [9.17, 15) is 14.0 Å². The van der Waals surface area contributed by atoms with Gasteiger partial charge in [0.2, 0.25) is 11.8 Å². The Kier molecular flexibility index (Phi) is 6.72. The number of likely N-dealkylation sites (tertiary alicyclic amines) is 1. The van der Waals surface area contributed by atoms with E-state index in [0.29, 0.717) is 49.2 Å². The molecule has 2 aliphatic heterocycles. The third kappa shape index (κ3) is 4.96. The van der Waals surface area contributed by atoms with Gasteiger partial charge in [-0.2, -0.15) is 5.10 Å². The van der Waals surface area contributed by atoms with Crippen LogP contribution in [0.15, 0.2) is 30.6 Å². The summed E-state index contributed by atoms with van der Waals surface area (Å²) in [5.41, 5.74) is 2.07. The maximum absolute atomic E-state index is 14.3. The first kappa shape index (κ1) is 25.7. The van der Waals surface area contributed by atoms with Gasteiger partial charge in [0, 0.05) is 41.7 Å². The second-order valence-corrected chi connectivity index (χ2v) is 10.8. The summed E-state index contributed by atoms with van der Waals surface area (Å²) in [6, 6.07) is 4.87. The third-order valence-corrected chi connectivity index (χ3v) is 8.27. The van der Waals surface area contributed by atoms with Gasteiger partial charge >= 0.3 is 0 Å². The first-order chi connectivity index (χ1) is 18.9. The lowest BCUT2D eigenvalue weighted by molar-refractivity contribution is -0.127. The number of pyridine rings is 2. The monoisotopic (exact) mass is 554 g/mol. The van der Waals surface area contributed by atoms with Crippen LogP contribution in [0.4, 0.5) is 4.39 Å². The fourth-order valence-corrected chi connectivity index (χ4v) is 5.61. The van der Waals surface area contributed by atoms with Crippen molar-refractivity contribution in [3.05, 3.63) is 58.4 Å². The number of amides is 2. The van der Waals surface area contributed by atoms with E-state index in [1.165, 1.54) is 19.2 Å². The number of halogens is 2. The number of methoxy groups -OCH3 is 1. The molecular weight excluding hydrogens is 527 g/mol. The number of aromatic amines is 1. The van der Waals surface area contributed by atoms with Crippen molar-refractivity contribution in [1.82, 2.24) is 30.4 Å². The van der Waals surface area contributed by atoms with Gasteiger partial charge in [-0.3, -0.25) is 19.7 Å². The second-order valence-electron chi connectivity index (χ2n) is 10.4. The molecule has 3 fully saturated rings. The number of ether oxygens (including phenoxy) is 2. The van der Waals surface area contributed by atoms with Crippen molar-refractivity contribution in [2.75, 3.05) is 26.9 Å². The van der Waals surface area contributed by atoms with Gasteiger partial charge in [0.05, 0.1) is 49.5 Å². The van der Waals surface area contributed by atoms with Crippen LogP contribution in [0.1, 0.15) is 53.3 Å². The molecule has 2 N–H and O–H groups in total. The van der Waals surface area contributed by atoms with Crippen LogP contribution in [0.2, 0.25) is 5.02 Å². The largest absolute Gasteiger partial charge is 0.481 e. The number of hydrogen-bond acceptors (Lipinski definition) is 7. The third-order valence-electron chi connectivity index (χ3n) is 7.94. The van der Waals surface area contributed by atoms with Crippen LogP contribution in [0.5, 0.6) is 5.88 Å². The number of H-pyrrole nitrogens is 1. The van der Waals surface area contributed by atoms with Crippen molar-refractivity contribution >= 4 is 23.4 Å². The zero-order valence-electron chi connectivity index (χ0n) is 21.4. The fourth-order valence-electron chi connectivity index (χ4n) is 5.37. The van der Waals surface area contributed by atoms with E-state index in [4.69, 9.17) is 21.1 Å². The lowest BCUT2D eigenvalue weighted by atomic mass is 9.88. The number of aromatic nitrogens is 4. The van der Waals surface area contributed by atoms with Crippen molar-refractivity contribution < 1.29 is 23.5 Å². The van der Waals surface area contributed by atoms with Crippen LogP contribution in [0, 0.1) is 11.7 Å². The molecule has 204 valence electrons. The van der Waals surface area contributed by atoms with Crippen molar-refractivity contribution in [2.24, 2.45) is 5.92 Å². The molecule has 1 spiro atoms. The van der Waals surface area contributed by atoms with Gasteiger partial charge in [0.1, 0.15) is 5.69 Å². The van der Waals surface area contributed by atoms with E-state index in [1.807, 2.05) is 11.0 Å². The van der Waals surface area contributed by atoms with E-state index in [2.05, 4.69) is 25.5 Å². The lowest BCUT2D eigenvalue weighted by Crippen LogP contribution is -2.50. The first-order valence-corrected chi connectivity index (χ1v) is 13.3. The van der Waals surface area contributed by atoms with E-state index in [-0.39, 0.29) is 52.6 Å². The van der Waals surface area contributed by atoms with Gasteiger partial charge in [-0.25, -0.2) is 9.37 Å². The molecule has 6 rings (SSSR count). The Bertz CT molecular complexity index is 1420. The molecule has 12 heteroatoms. The molecule has 1 unspecified atom stereocenters. The molecule has 3 aliphatic rings. The Hall–Kier alpha value is -3.57. The van der Waals surface area contributed by atoms with E-state index >= 15 is 0 Å². The Morgan fingerprint density at radius 1 is 1.26 bits per heavy atom. The predicted octanol–water partition coefficient (Wildman–Crippen LogP) is 3.48. The number of carbonyl (C=O) groups is 2. The molecule has 2 saturated heterocycles. The van der Waals surface area contributed by atoms with E-state index in [0.717, 1.165) is 24.6 Å². The number of piperidine rings is 1. The predicted molar refractivity (Wildman–Crippen MR) is 139 cm³/mol. The highest BCUT2D eigenvalue weighted by Crippen LogP contribution is 2.50. The Balaban J connectivity index is 1.08. The van der Waals surface area contributed by atoms with Crippen LogP contribution in [-0.4, -0.2) is 69.3 Å². The summed E-state index contributed by atoms with van der Waals surface area (Å²) >= 11 is 6.42. The summed E-state index contributed by atoms with van der Waals surface area (Å²) in [4.78, 5) is 36.6. The molecule has 5 heterocycles. The number of carbonyl (C=O) groups excluding carboxylic acids is 2. The lowest BCUT2D eigenvalue weighted by Gasteiger charge is -2.39. The van der Waals surface area contributed by atoms with Gasteiger partial charge in [-0.1, -0.05) is 11.6 Å². The van der Waals surface area contributed by atoms with Gasteiger partial charge in [-0.15, -0.1) is 0 Å². The Morgan fingerprint density at radius 3 is 2.77 bits per heavy atom. The van der Waals surface area contributed by atoms with Gasteiger partial charge in [0.25, 0.3) is 5.91 Å². The standard InChI is InChI=1S/C27H28ClFN6O4/c1-38-24-7-18(20(29)11-31-24)21-8-22(34-33-21)26(37)35-5-2-15(9-27(35)3-4-27)25(36)32-12-23-19(28)6-16(10-30-23)17-13-39-14-17/h6-8,10-11,15,17H,2-5,9,12-14H2,1H3,(H,32,36)(H,33,34). The summed E-state index contributed by atoms with van der Waals surface area (Å²) in [6.07, 6.45) is 5.65. The van der Waals surface area contributed by atoms with Crippen molar-refractivity contribution in [1.29, 1.82) is 0 Å². The topological polar surface area (TPSA) is 122 Å². The quantitative estimate of drug-likeness (QED) is 0.458. The van der Waals surface area contributed by atoms with Gasteiger partial charge < -0.3 is 19.7 Å². The van der Waals surface area contributed by atoms with E-state index < -0.39 is 5.82 Å². The first-order valence-electron chi connectivity index (χ1n) is 12.9. The molecule has 1 aliphatic carbocycles. The SMILES string of the molecule is COc1cc(-c2cc(C(=O)N3CCC(C(=O)NCc4ncc(C5COC5)cc4Cl)CC34CC4)[nH]n2)c(F)cn1. The minimum atomic E-state index is -0.563. The zero-order valence-corrected chi connectivity index (χ0v) is 22.1. The molecule has 1 atom stereocenters. The van der Waals surface area contributed by atoms with Crippen LogP contribution in [0.25, 0.3) is 11.3 Å². The zero-order chi connectivity index (χ0) is 27.1. The van der Waals surface area contributed by atoms with E-state index in [1.54, 1.807) is 6.20 Å². The summed E-state index contributed by atoms with van der Waals surface area (Å²) < 4.78 is 24.7. The summed E-state index contributed by atoms with van der Waals surface area (Å²) in [7, 11) is 1.44. The molecule has 39 heavy (non-hydrogen) atoms. The number of nitrogens with zero attached hydrogens (tertiary/aromatic N) is 4. The summed E-state index contributed by atoms with van der Waals surface area (Å²) in [5.74, 6) is -0.467. The molecular formula is C27H28ClFN6O4. The molecule has 10 nitrogen and oxygen atoms in total. The molecule has 1 saturated carbocycles. The number of nitrogens with one attached hydrogen (secondary N) is 2. The minimum absolute atomic E-state index is 0.0614. The van der Waals surface area contributed by atoms with Crippen LogP contribution in [-0.2, 0) is 16.1 Å². The van der Waals surface area contributed by atoms with Crippen LogP contribution < -0.4 is 10.1 Å². The molecule has 2 amide bonds. The number of hydrogen-bond donors (Lipinski definition) is 2. The number of rotatable bonds is 7. The molecule has 3 aromatic rings. The van der Waals surface area contributed by atoms with Crippen molar-refractivity contribution in [3.63, 3.8) is 0 Å². The normalized spacial score (nSPS) is 20.0. The highest BCUT2D eigenvalue weighted by Gasteiger charge is 2.54. The smallest absolute Gasteiger partial charge is 0.272 e. The fraction of sp³-hybridized carbons (Fsp3) is 0.444. The second kappa shape index (κ2) is 10.2. The maximum atomic E-state index is 14.3.